The summed E-state index contributed by atoms with van der Waals surface area (Å²) in [5.41, 5.74) is 6.29. The van der Waals surface area contributed by atoms with Crippen LogP contribution < -0.4 is 10.1 Å². The van der Waals surface area contributed by atoms with Gasteiger partial charge in [-0.25, -0.2) is 0 Å². The fourth-order valence-corrected chi connectivity index (χ4v) is 4.52. The van der Waals surface area contributed by atoms with Gasteiger partial charge < -0.3 is 15.0 Å². The van der Waals surface area contributed by atoms with Crippen LogP contribution in [0.2, 0.25) is 0 Å². The van der Waals surface area contributed by atoms with Crippen LogP contribution in [0.15, 0.2) is 36.4 Å². The quantitative estimate of drug-likeness (QED) is 0.848. The SMILES string of the molecule is COc1cccc2c1CCC[C@H]2CN(C)CCc1ccc2c(c1)CC(=O)N2. The number of amides is 1. The lowest BCUT2D eigenvalue weighted by Gasteiger charge is -2.30. The molecule has 0 saturated carbocycles. The summed E-state index contributed by atoms with van der Waals surface area (Å²) in [4.78, 5) is 14.0. The monoisotopic (exact) mass is 364 g/mol. The molecule has 0 aromatic heterocycles. The van der Waals surface area contributed by atoms with Crippen molar-refractivity contribution in [3.63, 3.8) is 0 Å². The van der Waals surface area contributed by atoms with Crippen molar-refractivity contribution >= 4 is 11.6 Å². The lowest BCUT2D eigenvalue weighted by molar-refractivity contribution is -0.115. The van der Waals surface area contributed by atoms with E-state index in [0.29, 0.717) is 12.3 Å². The van der Waals surface area contributed by atoms with Crippen molar-refractivity contribution in [1.29, 1.82) is 0 Å². The topological polar surface area (TPSA) is 41.6 Å². The average molecular weight is 364 g/mol. The van der Waals surface area contributed by atoms with E-state index in [4.69, 9.17) is 4.74 Å². The Labute approximate surface area is 161 Å². The van der Waals surface area contributed by atoms with Crippen molar-refractivity contribution in [1.82, 2.24) is 4.90 Å². The molecule has 4 heteroatoms. The van der Waals surface area contributed by atoms with E-state index >= 15 is 0 Å². The van der Waals surface area contributed by atoms with Gasteiger partial charge in [-0.3, -0.25) is 4.79 Å². The lowest BCUT2D eigenvalue weighted by atomic mass is 9.82. The summed E-state index contributed by atoms with van der Waals surface area (Å²) in [5.74, 6) is 1.72. The van der Waals surface area contributed by atoms with Crippen molar-refractivity contribution in [2.45, 2.75) is 38.0 Å². The summed E-state index contributed by atoms with van der Waals surface area (Å²) in [6, 6.07) is 12.8. The van der Waals surface area contributed by atoms with E-state index in [0.717, 1.165) is 42.9 Å². The molecule has 1 N–H and O–H groups in total. The average Bonchev–Trinajstić information content (AvgIpc) is 3.05. The molecule has 27 heavy (non-hydrogen) atoms. The maximum atomic E-state index is 11.5. The Hall–Kier alpha value is -2.33. The molecule has 4 nitrogen and oxygen atoms in total. The van der Waals surface area contributed by atoms with Crippen LogP contribution in [0.4, 0.5) is 5.69 Å². The zero-order valence-corrected chi connectivity index (χ0v) is 16.3. The van der Waals surface area contributed by atoms with E-state index in [9.17, 15) is 4.79 Å². The number of benzene rings is 2. The third-order valence-electron chi connectivity index (χ3n) is 5.92. The van der Waals surface area contributed by atoms with Crippen LogP contribution in [0, 0.1) is 0 Å². The van der Waals surface area contributed by atoms with Gasteiger partial charge in [-0.15, -0.1) is 0 Å². The Morgan fingerprint density at radius 1 is 1.26 bits per heavy atom. The molecule has 2 aromatic rings. The summed E-state index contributed by atoms with van der Waals surface area (Å²) in [6.07, 6.45) is 5.13. The maximum absolute atomic E-state index is 11.5. The molecule has 4 rings (SSSR count). The predicted molar refractivity (Wildman–Crippen MR) is 109 cm³/mol. The van der Waals surface area contributed by atoms with E-state index in [1.165, 1.54) is 29.5 Å². The summed E-state index contributed by atoms with van der Waals surface area (Å²) < 4.78 is 5.57. The van der Waals surface area contributed by atoms with Crippen LogP contribution in [-0.2, 0) is 24.1 Å². The largest absolute Gasteiger partial charge is 0.496 e. The molecule has 1 aliphatic heterocycles. The van der Waals surface area contributed by atoms with Gasteiger partial charge in [-0.05, 0) is 73.0 Å². The van der Waals surface area contributed by atoms with E-state index < -0.39 is 0 Å². The molecule has 0 radical (unpaired) electrons. The van der Waals surface area contributed by atoms with Crippen molar-refractivity contribution in [3.8, 4) is 5.75 Å². The molecule has 2 aliphatic rings. The zero-order valence-electron chi connectivity index (χ0n) is 16.3. The van der Waals surface area contributed by atoms with Crippen molar-refractivity contribution in [3.05, 3.63) is 58.7 Å². The minimum atomic E-state index is 0.102. The van der Waals surface area contributed by atoms with Crippen LogP contribution in [0.1, 0.15) is 41.0 Å². The normalized spacial score (nSPS) is 18.2. The van der Waals surface area contributed by atoms with Crippen molar-refractivity contribution in [2.24, 2.45) is 0 Å². The molecule has 0 bridgehead atoms. The number of nitrogens with zero attached hydrogens (tertiary/aromatic N) is 1. The first-order chi connectivity index (χ1) is 13.1. The highest BCUT2D eigenvalue weighted by molar-refractivity contribution is 5.99. The number of ether oxygens (including phenoxy) is 1. The number of carbonyl (C=O) groups is 1. The second-order valence-corrected chi connectivity index (χ2v) is 7.85. The molecule has 0 fully saturated rings. The number of likely N-dealkylation sites (N-methyl/N-ethyl adjacent to an activating group) is 1. The van der Waals surface area contributed by atoms with Gasteiger partial charge in [0.1, 0.15) is 5.75 Å². The first-order valence-corrected chi connectivity index (χ1v) is 9.90. The van der Waals surface area contributed by atoms with Crippen LogP contribution in [0.3, 0.4) is 0 Å². The minimum absolute atomic E-state index is 0.102. The highest BCUT2D eigenvalue weighted by atomic mass is 16.5. The van der Waals surface area contributed by atoms with Crippen LogP contribution in [0.5, 0.6) is 5.75 Å². The standard InChI is InChI=1S/C23H28N2O2/c1-25(12-11-16-9-10-21-18(13-16)14-23(26)24-21)15-17-5-3-7-20-19(17)6-4-8-22(20)27-2/h4,6,8-10,13,17H,3,5,7,11-12,14-15H2,1-2H3,(H,24,26)/t17-/m0/s1. The van der Waals surface area contributed by atoms with Crippen molar-refractivity contribution < 1.29 is 9.53 Å². The Bertz CT molecular complexity index is 846. The fourth-order valence-electron chi connectivity index (χ4n) is 4.52. The predicted octanol–water partition coefficient (Wildman–Crippen LogP) is 3.78. The third-order valence-corrected chi connectivity index (χ3v) is 5.92. The number of fused-ring (bicyclic) bond motifs is 2. The van der Waals surface area contributed by atoms with E-state index in [1.54, 1.807) is 7.11 Å². The second-order valence-electron chi connectivity index (χ2n) is 7.85. The second kappa shape index (κ2) is 7.73. The Morgan fingerprint density at radius 2 is 2.15 bits per heavy atom. The number of carbonyl (C=O) groups excluding carboxylic acids is 1. The smallest absolute Gasteiger partial charge is 0.228 e. The Morgan fingerprint density at radius 3 is 3.00 bits per heavy atom. The third kappa shape index (κ3) is 3.86. The highest BCUT2D eigenvalue weighted by Gasteiger charge is 2.24. The summed E-state index contributed by atoms with van der Waals surface area (Å²) in [5, 5.41) is 2.90. The Kier molecular flexibility index (Phi) is 5.17. The molecule has 2 aromatic carbocycles. The number of hydrogen-bond donors (Lipinski definition) is 1. The van der Waals surface area contributed by atoms with Gasteiger partial charge in [0.05, 0.1) is 13.5 Å². The molecule has 0 saturated heterocycles. The molecule has 1 atom stereocenters. The van der Waals surface area contributed by atoms with Crippen LogP contribution in [0.25, 0.3) is 0 Å². The molecular weight excluding hydrogens is 336 g/mol. The molecule has 0 unspecified atom stereocenters. The lowest BCUT2D eigenvalue weighted by Crippen LogP contribution is -2.28. The van der Waals surface area contributed by atoms with Gasteiger partial charge in [0.15, 0.2) is 0 Å². The highest BCUT2D eigenvalue weighted by Crippen LogP contribution is 2.37. The van der Waals surface area contributed by atoms with Crippen LogP contribution >= 0.6 is 0 Å². The number of methoxy groups -OCH3 is 1. The van der Waals surface area contributed by atoms with Gasteiger partial charge >= 0.3 is 0 Å². The Balaban J connectivity index is 1.38. The first kappa shape index (κ1) is 18.1. The van der Waals surface area contributed by atoms with Gasteiger partial charge in [-0.1, -0.05) is 24.3 Å². The molecule has 1 amide bonds. The number of hydrogen-bond acceptors (Lipinski definition) is 3. The number of nitrogens with one attached hydrogen (secondary N) is 1. The summed E-state index contributed by atoms with van der Waals surface area (Å²) in [7, 11) is 3.98. The molecule has 0 spiro atoms. The van der Waals surface area contributed by atoms with E-state index in [2.05, 4.69) is 47.6 Å². The number of anilines is 1. The minimum Gasteiger partial charge on any atom is -0.496 e. The summed E-state index contributed by atoms with van der Waals surface area (Å²) >= 11 is 0. The van der Waals surface area contributed by atoms with Crippen molar-refractivity contribution in [2.75, 3.05) is 32.6 Å². The zero-order chi connectivity index (χ0) is 18.8. The molecule has 1 aliphatic carbocycles. The van der Waals surface area contributed by atoms with Crippen LogP contribution in [-0.4, -0.2) is 38.1 Å². The maximum Gasteiger partial charge on any atom is 0.228 e. The van der Waals surface area contributed by atoms with E-state index in [-0.39, 0.29) is 5.91 Å². The van der Waals surface area contributed by atoms with Gasteiger partial charge in [0.25, 0.3) is 0 Å². The van der Waals surface area contributed by atoms with E-state index in [1.807, 2.05) is 6.07 Å². The van der Waals surface area contributed by atoms with Gasteiger partial charge in [0, 0.05) is 18.8 Å². The molecule has 1 heterocycles. The van der Waals surface area contributed by atoms with Gasteiger partial charge in [-0.2, -0.15) is 0 Å². The van der Waals surface area contributed by atoms with Gasteiger partial charge in [0.2, 0.25) is 5.91 Å². The summed E-state index contributed by atoms with van der Waals surface area (Å²) in [6.45, 7) is 2.10. The number of rotatable bonds is 6. The fraction of sp³-hybridized carbons (Fsp3) is 0.435. The first-order valence-electron chi connectivity index (χ1n) is 9.90. The molecule has 142 valence electrons. The molecular formula is C23H28N2O2.